The molecule has 102 valence electrons. The summed E-state index contributed by atoms with van der Waals surface area (Å²) in [5.41, 5.74) is 0. The molecule has 1 fully saturated rings. The summed E-state index contributed by atoms with van der Waals surface area (Å²) in [7, 11) is -1.63. The highest BCUT2D eigenvalue weighted by atomic mass is 32.2. The molecule has 0 spiro atoms. The van der Waals surface area contributed by atoms with Crippen molar-refractivity contribution in [2.45, 2.75) is 51.6 Å². The Balaban J connectivity index is 2.22. The van der Waals surface area contributed by atoms with Crippen molar-refractivity contribution in [3.63, 3.8) is 0 Å². The molecule has 0 aliphatic heterocycles. The normalized spacial score (nSPS) is 17.7. The standard InChI is InChI=1S/C11H25N3O2S/c1-10(2)12-8-5-9-14(3)17(15,16)13-11-6-4-7-11/h10-13H,4-9H2,1-3H3. The number of nitrogens with one attached hydrogen (secondary N) is 2. The minimum absolute atomic E-state index is 0.163. The summed E-state index contributed by atoms with van der Waals surface area (Å²) in [4.78, 5) is 0. The molecule has 0 radical (unpaired) electrons. The molecule has 0 bridgehead atoms. The van der Waals surface area contributed by atoms with E-state index in [1.807, 2.05) is 0 Å². The fourth-order valence-electron chi connectivity index (χ4n) is 1.64. The van der Waals surface area contributed by atoms with E-state index in [-0.39, 0.29) is 6.04 Å². The third-order valence-electron chi connectivity index (χ3n) is 3.03. The van der Waals surface area contributed by atoms with Gasteiger partial charge in [-0.1, -0.05) is 20.3 Å². The van der Waals surface area contributed by atoms with Crippen molar-refractivity contribution in [3.05, 3.63) is 0 Å². The minimum Gasteiger partial charge on any atom is -0.314 e. The molecule has 1 aliphatic rings. The van der Waals surface area contributed by atoms with E-state index < -0.39 is 10.2 Å². The Morgan fingerprint density at radius 2 is 2.00 bits per heavy atom. The van der Waals surface area contributed by atoms with Crippen LogP contribution in [0.4, 0.5) is 0 Å². The van der Waals surface area contributed by atoms with Gasteiger partial charge in [0.2, 0.25) is 0 Å². The lowest BCUT2D eigenvalue weighted by molar-refractivity contribution is 0.364. The average Bonchev–Trinajstić information content (AvgIpc) is 2.18. The van der Waals surface area contributed by atoms with E-state index in [0.29, 0.717) is 12.6 Å². The van der Waals surface area contributed by atoms with Crippen molar-refractivity contribution in [2.75, 3.05) is 20.1 Å². The molecule has 0 aromatic carbocycles. The molecule has 1 saturated carbocycles. The predicted molar refractivity (Wildman–Crippen MR) is 70.1 cm³/mol. The van der Waals surface area contributed by atoms with E-state index in [1.54, 1.807) is 7.05 Å². The van der Waals surface area contributed by atoms with Gasteiger partial charge in [-0.2, -0.15) is 17.4 Å². The lowest BCUT2D eigenvalue weighted by Crippen LogP contribution is -2.46. The maximum Gasteiger partial charge on any atom is 0.279 e. The van der Waals surface area contributed by atoms with Crippen molar-refractivity contribution >= 4 is 10.2 Å². The van der Waals surface area contributed by atoms with Crippen molar-refractivity contribution in [1.29, 1.82) is 0 Å². The van der Waals surface area contributed by atoms with Crippen molar-refractivity contribution in [2.24, 2.45) is 0 Å². The van der Waals surface area contributed by atoms with Gasteiger partial charge in [0.1, 0.15) is 0 Å². The monoisotopic (exact) mass is 263 g/mol. The molecule has 17 heavy (non-hydrogen) atoms. The molecule has 0 aromatic rings. The minimum atomic E-state index is -3.27. The molecule has 1 aliphatic carbocycles. The van der Waals surface area contributed by atoms with Gasteiger partial charge in [0.05, 0.1) is 0 Å². The fraction of sp³-hybridized carbons (Fsp3) is 1.00. The number of hydrogen-bond donors (Lipinski definition) is 2. The van der Waals surface area contributed by atoms with Crippen LogP contribution in [0.15, 0.2) is 0 Å². The topological polar surface area (TPSA) is 61.4 Å². The van der Waals surface area contributed by atoms with Gasteiger partial charge in [-0.15, -0.1) is 0 Å². The molecule has 0 atom stereocenters. The van der Waals surface area contributed by atoms with E-state index in [4.69, 9.17) is 0 Å². The molecule has 0 saturated heterocycles. The predicted octanol–water partition coefficient (Wildman–Crippen LogP) is 0.693. The lowest BCUT2D eigenvalue weighted by atomic mass is 9.94. The number of rotatable bonds is 8. The van der Waals surface area contributed by atoms with Crippen LogP contribution in [0.3, 0.4) is 0 Å². The van der Waals surface area contributed by atoms with E-state index in [9.17, 15) is 8.42 Å². The van der Waals surface area contributed by atoms with Crippen LogP contribution < -0.4 is 10.0 Å². The fourth-order valence-corrected chi connectivity index (χ4v) is 2.85. The zero-order valence-electron chi connectivity index (χ0n) is 11.1. The van der Waals surface area contributed by atoms with Crippen LogP contribution in [-0.4, -0.2) is 44.9 Å². The SMILES string of the molecule is CC(C)NCCCN(C)S(=O)(=O)NC1CCC1. The zero-order valence-corrected chi connectivity index (χ0v) is 11.9. The van der Waals surface area contributed by atoms with Crippen LogP contribution >= 0.6 is 0 Å². The van der Waals surface area contributed by atoms with Gasteiger partial charge >= 0.3 is 0 Å². The molecule has 0 aromatic heterocycles. The molecule has 0 unspecified atom stereocenters. The van der Waals surface area contributed by atoms with E-state index in [1.165, 1.54) is 4.31 Å². The first-order valence-corrected chi connectivity index (χ1v) is 7.83. The first kappa shape index (κ1) is 14.9. The molecule has 2 N–H and O–H groups in total. The zero-order chi connectivity index (χ0) is 12.9. The Morgan fingerprint density at radius 3 is 2.47 bits per heavy atom. The van der Waals surface area contributed by atoms with Gasteiger partial charge in [0.25, 0.3) is 10.2 Å². The van der Waals surface area contributed by atoms with Gasteiger partial charge in [-0.3, -0.25) is 0 Å². The van der Waals surface area contributed by atoms with Gasteiger partial charge in [-0.05, 0) is 25.8 Å². The summed E-state index contributed by atoms with van der Waals surface area (Å²) in [6.45, 7) is 5.57. The Hall–Kier alpha value is -0.170. The first-order valence-electron chi connectivity index (χ1n) is 6.39. The number of nitrogens with zero attached hydrogens (tertiary/aromatic N) is 1. The molecule has 0 heterocycles. The second kappa shape index (κ2) is 6.68. The van der Waals surface area contributed by atoms with Gasteiger partial charge < -0.3 is 5.32 Å². The Labute approximate surface area is 105 Å². The average molecular weight is 263 g/mol. The van der Waals surface area contributed by atoms with Crippen LogP contribution in [0, 0.1) is 0 Å². The molecule has 6 heteroatoms. The summed E-state index contributed by atoms with van der Waals surface area (Å²) in [6.07, 6.45) is 3.92. The summed E-state index contributed by atoms with van der Waals surface area (Å²) >= 11 is 0. The van der Waals surface area contributed by atoms with E-state index in [0.717, 1.165) is 32.2 Å². The lowest BCUT2D eigenvalue weighted by Gasteiger charge is -2.28. The summed E-state index contributed by atoms with van der Waals surface area (Å²) in [5, 5.41) is 3.27. The second-order valence-electron chi connectivity index (χ2n) is 5.03. The summed E-state index contributed by atoms with van der Waals surface area (Å²) in [6, 6.07) is 0.612. The molecular weight excluding hydrogens is 238 g/mol. The number of hydrogen-bond acceptors (Lipinski definition) is 3. The van der Waals surface area contributed by atoms with Crippen LogP contribution in [0.1, 0.15) is 39.5 Å². The van der Waals surface area contributed by atoms with Crippen LogP contribution in [0.2, 0.25) is 0 Å². The molecular formula is C11H25N3O2S. The van der Waals surface area contributed by atoms with Crippen LogP contribution in [0.25, 0.3) is 0 Å². The van der Waals surface area contributed by atoms with Crippen molar-refractivity contribution in [1.82, 2.24) is 14.3 Å². The maximum atomic E-state index is 11.9. The van der Waals surface area contributed by atoms with Gasteiger partial charge in [0, 0.05) is 25.7 Å². The van der Waals surface area contributed by atoms with E-state index >= 15 is 0 Å². The second-order valence-corrected chi connectivity index (χ2v) is 6.84. The summed E-state index contributed by atoms with van der Waals surface area (Å²) < 4.78 is 27.8. The van der Waals surface area contributed by atoms with Crippen LogP contribution in [0.5, 0.6) is 0 Å². The smallest absolute Gasteiger partial charge is 0.279 e. The Kier molecular flexibility index (Phi) is 5.85. The maximum absolute atomic E-state index is 11.9. The van der Waals surface area contributed by atoms with Gasteiger partial charge in [0.15, 0.2) is 0 Å². The molecule has 0 amide bonds. The van der Waals surface area contributed by atoms with Gasteiger partial charge in [-0.25, -0.2) is 0 Å². The quantitative estimate of drug-likeness (QED) is 0.634. The Morgan fingerprint density at radius 1 is 1.35 bits per heavy atom. The Bertz CT molecular complexity index is 313. The highest BCUT2D eigenvalue weighted by molar-refractivity contribution is 7.87. The highest BCUT2D eigenvalue weighted by Gasteiger charge is 2.25. The highest BCUT2D eigenvalue weighted by Crippen LogP contribution is 2.19. The van der Waals surface area contributed by atoms with Crippen molar-refractivity contribution in [3.8, 4) is 0 Å². The third kappa shape index (κ3) is 5.33. The summed E-state index contributed by atoms with van der Waals surface area (Å²) in [5.74, 6) is 0. The third-order valence-corrected chi connectivity index (χ3v) is 4.67. The van der Waals surface area contributed by atoms with Crippen molar-refractivity contribution < 1.29 is 8.42 Å². The van der Waals surface area contributed by atoms with Crippen LogP contribution in [-0.2, 0) is 10.2 Å². The van der Waals surface area contributed by atoms with E-state index in [2.05, 4.69) is 23.9 Å². The first-order chi connectivity index (χ1) is 7.92. The molecule has 5 nitrogen and oxygen atoms in total. The largest absolute Gasteiger partial charge is 0.314 e. The molecule has 1 rings (SSSR count).